The molecule has 0 aromatic heterocycles. The lowest BCUT2D eigenvalue weighted by molar-refractivity contribution is -0.129. The molecule has 0 spiro atoms. The SMILES string of the molecule is COc1ccc(CCN2C(=O)C(O)=C(C(=O)/C=C/c3ccccc3)C2c2ccc(F)cc2)cc1OC. The zero-order chi connectivity index (χ0) is 25.7. The third-order valence-electron chi connectivity index (χ3n) is 6.07. The molecule has 36 heavy (non-hydrogen) atoms. The fourth-order valence-corrected chi connectivity index (χ4v) is 4.24. The molecule has 4 rings (SSSR count). The Hall–Kier alpha value is -4.39. The number of halogens is 1. The van der Waals surface area contributed by atoms with Crippen molar-refractivity contribution in [3.8, 4) is 11.5 Å². The standard InChI is InChI=1S/C29H26FNO5/c1-35-24-15-9-20(18-25(24)36-2)16-17-31-27(21-10-12-22(30)13-11-21)26(28(33)29(31)34)23(32)14-8-19-6-4-3-5-7-19/h3-15,18,27,33H,16-17H2,1-2H3/b14-8+. The minimum atomic E-state index is -0.855. The van der Waals surface area contributed by atoms with Crippen molar-refractivity contribution in [3.63, 3.8) is 0 Å². The van der Waals surface area contributed by atoms with Gasteiger partial charge in [-0.05, 0) is 53.5 Å². The van der Waals surface area contributed by atoms with E-state index in [-0.39, 0.29) is 12.1 Å². The van der Waals surface area contributed by atoms with Crippen LogP contribution in [0.5, 0.6) is 11.5 Å². The topological polar surface area (TPSA) is 76.1 Å². The molecule has 184 valence electrons. The van der Waals surface area contributed by atoms with E-state index >= 15 is 0 Å². The minimum Gasteiger partial charge on any atom is -0.503 e. The maximum atomic E-state index is 13.6. The van der Waals surface area contributed by atoms with E-state index in [9.17, 15) is 19.1 Å². The molecule has 1 aliphatic heterocycles. The van der Waals surface area contributed by atoms with Crippen LogP contribution >= 0.6 is 0 Å². The van der Waals surface area contributed by atoms with Crippen molar-refractivity contribution in [2.75, 3.05) is 20.8 Å². The summed E-state index contributed by atoms with van der Waals surface area (Å²) in [6.45, 7) is 0.208. The third-order valence-corrected chi connectivity index (χ3v) is 6.07. The van der Waals surface area contributed by atoms with Crippen molar-refractivity contribution in [2.24, 2.45) is 0 Å². The van der Waals surface area contributed by atoms with E-state index in [0.717, 1.165) is 11.1 Å². The Labute approximate surface area is 208 Å². The largest absolute Gasteiger partial charge is 0.503 e. The highest BCUT2D eigenvalue weighted by Crippen LogP contribution is 2.38. The first-order valence-corrected chi connectivity index (χ1v) is 11.4. The maximum Gasteiger partial charge on any atom is 0.290 e. The Kier molecular flexibility index (Phi) is 7.49. The molecule has 0 fully saturated rings. The second kappa shape index (κ2) is 10.9. The number of allylic oxidation sites excluding steroid dienone is 1. The number of methoxy groups -OCH3 is 2. The number of ketones is 1. The summed E-state index contributed by atoms with van der Waals surface area (Å²) >= 11 is 0. The molecule has 0 saturated carbocycles. The molecule has 3 aromatic carbocycles. The summed E-state index contributed by atoms with van der Waals surface area (Å²) in [5.41, 5.74) is 2.17. The lowest BCUT2D eigenvalue weighted by atomic mass is 9.95. The summed E-state index contributed by atoms with van der Waals surface area (Å²) in [5.74, 6) is -1.04. The summed E-state index contributed by atoms with van der Waals surface area (Å²) in [6, 6.07) is 19.4. The number of benzene rings is 3. The minimum absolute atomic E-state index is 0.0360. The average molecular weight is 488 g/mol. The molecule has 3 aromatic rings. The van der Waals surface area contributed by atoms with Gasteiger partial charge in [-0.25, -0.2) is 4.39 Å². The van der Waals surface area contributed by atoms with E-state index in [0.29, 0.717) is 23.5 Å². The van der Waals surface area contributed by atoms with Crippen LogP contribution in [-0.2, 0) is 16.0 Å². The van der Waals surface area contributed by atoms with E-state index in [1.165, 1.54) is 35.2 Å². The van der Waals surface area contributed by atoms with Crippen LogP contribution in [0, 0.1) is 5.82 Å². The smallest absolute Gasteiger partial charge is 0.290 e. The molecule has 0 saturated heterocycles. The monoisotopic (exact) mass is 487 g/mol. The molecule has 1 heterocycles. The van der Waals surface area contributed by atoms with Crippen LogP contribution in [0.4, 0.5) is 4.39 Å². The summed E-state index contributed by atoms with van der Waals surface area (Å²) in [4.78, 5) is 27.8. The van der Waals surface area contributed by atoms with Crippen LogP contribution in [0.2, 0.25) is 0 Å². The van der Waals surface area contributed by atoms with Crippen LogP contribution in [-0.4, -0.2) is 42.5 Å². The first-order valence-electron chi connectivity index (χ1n) is 11.4. The second-order valence-electron chi connectivity index (χ2n) is 8.26. The van der Waals surface area contributed by atoms with Crippen LogP contribution in [0.1, 0.15) is 22.7 Å². The highest BCUT2D eigenvalue weighted by molar-refractivity contribution is 6.14. The van der Waals surface area contributed by atoms with Gasteiger partial charge in [-0.15, -0.1) is 0 Å². The molecule has 0 radical (unpaired) electrons. The molecule has 1 unspecified atom stereocenters. The Morgan fingerprint density at radius 1 is 1.00 bits per heavy atom. The number of nitrogens with zero attached hydrogens (tertiary/aromatic N) is 1. The van der Waals surface area contributed by atoms with Crippen molar-refractivity contribution >= 4 is 17.8 Å². The predicted octanol–water partition coefficient (Wildman–Crippen LogP) is 5.06. The molecule has 1 amide bonds. The van der Waals surface area contributed by atoms with Gasteiger partial charge < -0.3 is 19.5 Å². The van der Waals surface area contributed by atoms with Gasteiger partial charge in [0.1, 0.15) is 5.82 Å². The average Bonchev–Trinajstić information content (AvgIpc) is 3.16. The van der Waals surface area contributed by atoms with E-state index < -0.39 is 29.3 Å². The third kappa shape index (κ3) is 5.15. The van der Waals surface area contributed by atoms with Gasteiger partial charge >= 0.3 is 0 Å². The van der Waals surface area contributed by atoms with E-state index in [1.54, 1.807) is 26.4 Å². The number of hydrogen-bond donors (Lipinski definition) is 1. The van der Waals surface area contributed by atoms with Gasteiger partial charge in [0.25, 0.3) is 5.91 Å². The first-order chi connectivity index (χ1) is 17.4. The molecule has 1 atom stereocenters. The first kappa shape index (κ1) is 24.7. The molecular weight excluding hydrogens is 461 g/mol. The Bertz CT molecular complexity index is 1320. The number of aliphatic hydroxyl groups excluding tert-OH is 1. The summed E-state index contributed by atoms with van der Waals surface area (Å²) < 4.78 is 24.3. The quantitative estimate of drug-likeness (QED) is 0.427. The van der Waals surface area contributed by atoms with E-state index in [1.807, 2.05) is 42.5 Å². The van der Waals surface area contributed by atoms with E-state index in [2.05, 4.69) is 0 Å². The number of amides is 1. The fourth-order valence-electron chi connectivity index (χ4n) is 4.24. The summed E-state index contributed by atoms with van der Waals surface area (Å²) in [6.07, 6.45) is 3.39. The van der Waals surface area contributed by atoms with Crippen LogP contribution < -0.4 is 9.47 Å². The number of rotatable bonds is 9. The molecule has 1 N–H and O–H groups in total. The van der Waals surface area contributed by atoms with E-state index in [4.69, 9.17) is 9.47 Å². The van der Waals surface area contributed by atoms with Crippen molar-refractivity contribution in [1.29, 1.82) is 0 Å². The Morgan fingerprint density at radius 3 is 2.36 bits per heavy atom. The molecule has 7 heteroatoms. The normalized spacial score (nSPS) is 15.6. The van der Waals surface area contributed by atoms with Gasteiger partial charge in [0.2, 0.25) is 0 Å². The molecule has 0 aliphatic carbocycles. The van der Waals surface area contributed by atoms with Gasteiger partial charge in [0.15, 0.2) is 23.0 Å². The Balaban J connectivity index is 1.64. The molecular formula is C29H26FNO5. The Morgan fingerprint density at radius 2 is 1.69 bits per heavy atom. The molecule has 6 nitrogen and oxygen atoms in total. The van der Waals surface area contributed by atoms with Crippen LogP contribution in [0.15, 0.2) is 90.2 Å². The second-order valence-corrected chi connectivity index (χ2v) is 8.26. The van der Waals surface area contributed by atoms with Gasteiger partial charge in [-0.1, -0.05) is 54.6 Å². The van der Waals surface area contributed by atoms with Crippen LogP contribution in [0.25, 0.3) is 6.08 Å². The summed E-state index contributed by atoms with van der Waals surface area (Å²) in [5, 5.41) is 10.8. The summed E-state index contributed by atoms with van der Waals surface area (Å²) in [7, 11) is 3.09. The van der Waals surface area contributed by atoms with Crippen molar-refractivity contribution < 1.29 is 28.6 Å². The predicted molar refractivity (Wildman–Crippen MR) is 134 cm³/mol. The number of aliphatic hydroxyl groups is 1. The zero-order valence-corrected chi connectivity index (χ0v) is 20.0. The number of carbonyl (C=O) groups is 2. The highest BCUT2D eigenvalue weighted by Gasteiger charge is 2.42. The van der Waals surface area contributed by atoms with Crippen molar-refractivity contribution in [3.05, 3.63) is 113 Å². The number of hydrogen-bond acceptors (Lipinski definition) is 5. The number of carbonyl (C=O) groups excluding carboxylic acids is 2. The lowest BCUT2D eigenvalue weighted by Crippen LogP contribution is -2.33. The molecule has 1 aliphatic rings. The fraction of sp³-hybridized carbons (Fsp3) is 0.172. The zero-order valence-electron chi connectivity index (χ0n) is 20.0. The highest BCUT2D eigenvalue weighted by atomic mass is 19.1. The van der Waals surface area contributed by atoms with Gasteiger partial charge in [-0.3, -0.25) is 9.59 Å². The van der Waals surface area contributed by atoms with Crippen molar-refractivity contribution in [2.45, 2.75) is 12.5 Å². The lowest BCUT2D eigenvalue weighted by Gasteiger charge is -2.27. The van der Waals surface area contributed by atoms with Gasteiger partial charge in [-0.2, -0.15) is 0 Å². The maximum absolute atomic E-state index is 13.6. The van der Waals surface area contributed by atoms with Gasteiger partial charge in [0.05, 0.1) is 25.8 Å². The number of ether oxygens (including phenoxy) is 2. The van der Waals surface area contributed by atoms with Gasteiger partial charge in [0, 0.05) is 6.54 Å². The van der Waals surface area contributed by atoms with Crippen LogP contribution in [0.3, 0.4) is 0 Å². The van der Waals surface area contributed by atoms with Crippen molar-refractivity contribution in [1.82, 2.24) is 4.90 Å². The molecule has 0 bridgehead atoms.